The summed E-state index contributed by atoms with van der Waals surface area (Å²) in [5, 5.41) is 1.99. The second kappa shape index (κ2) is 13.8. The third kappa shape index (κ3) is 6.16. The van der Waals surface area contributed by atoms with Gasteiger partial charge in [0, 0.05) is 33.0 Å². The Morgan fingerprint density at radius 2 is 0.636 bits per heavy atom. The number of rotatable bonds is 7. The fourth-order valence-corrected chi connectivity index (χ4v) is 7.35. The lowest BCUT2D eigenvalue weighted by Crippen LogP contribution is -2.00. The number of fused-ring (bicyclic) bond motifs is 3. The lowest BCUT2D eigenvalue weighted by molar-refractivity contribution is 0.670. The van der Waals surface area contributed by atoms with Crippen LogP contribution in [-0.4, -0.2) is 15.0 Å². The minimum absolute atomic E-state index is 0.585. The van der Waals surface area contributed by atoms with Crippen molar-refractivity contribution >= 4 is 21.9 Å². The summed E-state index contributed by atoms with van der Waals surface area (Å²) < 4.78 is 6.68. The molecule has 4 heteroatoms. The lowest BCUT2D eigenvalue weighted by Gasteiger charge is -2.12. The van der Waals surface area contributed by atoms with Gasteiger partial charge in [-0.3, -0.25) is 0 Å². The van der Waals surface area contributed by atoms with Crippen molar-refractivity contribution in [2.45, 2.75) is 0 Å². The van der Waals surface area contributed by atoms with Crippen molar-refractivity contribution < 1.29 is 4.42 Å². The van der Waals surface area contributed by atoms with E-state index in [1.54, 1.807) is 0 Å². The molecule has 0 amide bonds. The van der Waals surface area contributed by atoms with Crippen LogP contribution in [0, 0.1) is 0 Å². The van der Waals surface area contributed by atoms with Gasteiger partial charge in [0.05, 0.1) is 0 Å². The molecule has 0 saturated heterocycles. The summed E-state index contributed by atoms with van der Waals surface area (Å²) in [6.45, 7) is 0. The first-order chi connectivity index (χ1) is 27.2. The molecule has 0 fully saturated rings. The van der Waals surface area contributed by atoms with Crippen molar-refractivity contribution in [1.82, 2.24) is 15.0 Å². The van der Waals surface area contributed by atoms with E-state index in [4.69, 9.17) is 19.4 Å². The Morgan fingerprint density at radius 3 is 1.13 bits per heavy atom. The molecule has 0 aliphatic rings. The first-order valence-electron chi connectivity index (χ1n) is 18.4. The lowest BCUT2D eigenvalue weighted by atomic mass is 9.96. The highest BCUT2D eigenvalue weighted by Gasteiger charge is 2.21. The van der Waals surface area contributed by atoms with Gasteiger partial charge < -0.3 is 4.42 Å². The van der Waals surface area contributed by atoms with Crippen LogP contribution >= 0.6 is 0 Å². The predicted octanol–water partition coefficient (Wildman–Crippen LogP) is 13.4. The highest BCUT2D eigenvalue weighted by Crippen LogP contribution is 2.42. The summed E-state index contributed by atoms with van der Waals surface area (Å²) in [6, 6.07) is 69.2. The molecule has 0 aliphatic heterocycles. The molecule has 0 saturated carbocycles. The Labute approximate surface area is 319 Å². The number of furan rings is 1. The smallest absolute Gasteiger partial charge is 0.164 e. The topological polar surface area (TPSA) is 51.8 Å². The van der Waals surface area contributed by atoms with Gasteiger partial charge in [0.25, 0.3) is 0 Å². The zero-order valence-electron chi connectivity index (χ0n) is 29.8. The molecule has 8 aromatic carbocycles. The standard InChI is InChI=1S/C51H33N3O/c1-4-12-34(13-5-1)37-20-26-40(27-21-37)43-32-33-45(47-44-18-10-11-19-46(44)55-48(43)47)51-53-49(41-28-22-38(23-29-41)35-14-6-2-7-15-35)52-50(54-51)42-30-24-39(25-31-42)36-16-8-3-9-17-36/h1-33H. The van der Waals surface area contributed by atoms with E-state index in [-0.39, 0.29) is 0 Å². The Morgan fingerprint density at radius 1 is 0.273 bits per heavy atom. The molecule has 2 aromatic heterocycles. The summed E-state index contributed by atoms with van der Waals surface area (Å²) in [6.07, 6.45) is 0. The summed E-state index contributed by atoms with van der Waals surface area (Å²) in [7, 11) is 0. The second-order valence-electron chi connectivity index (χ2n) is 13.6. The number of hydrogen-bond acceptors (Lipinski definition) is 4. The summed E-state index contributed by atoms with van der Waals surface area (Å²) in [4.78, 5) is 15.5. The van der Waals surface area contributed by atoms with Crippen LogP contribution in [0.25, 0.3) is 101 Å². The highest BCUT2D eigenvalue weighted by molar-refractivity contribution is 6.15. The van der Waals surface area contributed by atoms with Crippen molar-refractivity contribution in [1.29, 1.82) is 0 Å². The molecule has 0 spiro atoms. The number of para-hydroxylation sites is 1. The number of nitrogens with zero attached hydrogens (tertiary/aromatic N) is 3. The van der Waals surface area contributed by atoms with Gasteiger partial charge in [-0.1, -0.05) is 182 Å². The fourth-order valence-electron chi connectivity index (χ4n) is 7.35. The molecule has 0 atom stereocenters. The van der Waals surface area contributed by atoms with E-state index < -0.39 is 0 Å². The first-order valence-corrected chi connectivity index (χ1v) is 18.4. The molecular formula is C51H33N3O. The van der Waals surface area contributed by atoms with Crippen LogP contribution in [0.5, 0.6) is 0 Å². The van der Waals surface area contributed by atoms with Crippen molar-refractivity contribution in [3.05, 3.63) is 200 Å². The summed E-state index contributed by atoms with van der Waals surface area (Å²) in [5.74, 6) is 1.79. The van der Waals surface area contributed by atoms with Crippen LogP contribution in [0.3, 0.4) is 0 Å². The molecule has 0 radical (unpaired) electrons. The Hall–Kier alpha value is -7.43. The minimum atomic E-state index is 0.585. The van der Waals surface area contributed by atoms with Crippen LogP contribution in [0.2, 0.25) is 0 Å². The van der Waals surface area contributed by atoms with E-state index in [9.17, 15) is 0 Å². The van der Waals surface area contributed by atoms with Gasteiger partial charge in [0.15, 0.2) is 17.5 Å². The molecule has 10 rings (SSSR count). The van der Waals surface area contributed by atoms with E-state index in [0.717, 1.165) is 72.0 Å². The van der Waals surface area contributed by atoms with Crippen LogP contribution in [0.15, 0.2) is 205 Å². The van der Waals surface area contributed by atoms with Crippen LogP contribution < -0.4 is 0 Å². The number of benzene rings is 8. The van der Waals surface area contributed by atoms with E-state index in [1.807, 2.05) is 30.3 Å². The summed E-state index contributed by atoms with van der Waals surface area (Å²) >= 11 is 0. The van der Waals surface area contributed by atoms with Gasteiger partial charge in [-0.25, -0.2) is 15.0 Å². The molecule has 0 N–H and O–H groups in total. The maximum atomic E-state index is 6.68. The van der Waals surface area contributed by atoms with Crippen LogP contribution in [0.4, 0.5) is 0 Å². The average molecular weight is 704 g/mol. The zero-order valence-corrected chi connectivity index (χ0v) is 29.8. The SMILES string of the molecule is c1ccc(-c2ccc(-c3nc(-c4ccc(-c5ccccc5)cc4)nc(-c4ccc(-c5ccc(-c6ccccc6)cc5)c5oc6ccccc6c45)n3)cc2)cc1. The van der Waals surface area contributed by atoms with Crippen LogP contribution in [0.1, 0.15) is 0 Å². The second-order valence-corrected chi connectivity index (χ2v) is 13.6. The fraction of sp³-hybridized carbons (Fsp3) is 0. The number of hydrogen-bond donors (Lipinski definition) is 0. The molecule has 4 nitrogen and oxygen atoms in total. The Kier molecular flexibility index (Phi) is 8.12. The molecule has 0 aliphatic carbocycles. The van der Waals surface area contributed by atoms with Crippen molar-refractivity contribution in [3.63, 3.8) is 0 Å². The Balaban J connectivity index is 1.13. The number of aromatic nitrogens is 3. The zero-order chi connectivity index (χ0) is 36.6. The van der Waals surface area contributed by atoms with Gasteiger partial charge in [0.1, 0.15) is 11.2 Å². The molecule has 258 valence electrons. The van der Waals surface area contributed by atoms with Crippen LogP contribution in [-0.2, 0) is 0 Å². The molecule has 0 bridgehead atoms. The highest BCUT2D eigenvalue weighted by atomic mass is 16.3. The van der Waals surface area contributed by atoms with Crippen molar-refractivity contribution in [2.24, 2.45) is 0 Å². The maximum absolute atomic E-state index is 6.68. The maximum Gasteiger partial charge on any atom is 0.164 e. The molecular weight excluding hydrogens is 671 g/mol. The molecule has 55 heavy (non-hydrogen) atoms. The molecule has 10 aromatic rings. The van der Waals surface area contributed by atoms with Crippen molar-refractivity contribution in [2.75, 3.05) is 0 Å². The third-order valence-electron chi connectivity index (χ3n) is 10.2. The molecule has 0 unspecified atom stereocenters. The third-order valence-corrected chi connectivity index (χ3v) is 10.2. The van der Waals surface area contributed by atoms with Gasteiger partial charge in [-0.2, -0.15) is 0 Å². The summed E-state index contributed by atoms with van der Waals surface area (Å²) in [5.41, 5.74) is 13.3. The van der Waals surface area contributed by atoms with E-state index in [1.165, 1.54) is 11.1 Å². The average Bonchev–Trinajstić information content (AvgIpc) is 3.67. The Bertz CT molecular complexity index is 2820. The van der Waals surface area contributed by atoms with Gasteiger partial charge in [0.2, 0.25) is 0 Å². The minimum Gasteiger partial charge on any atom is -0.455 e. The normalized spacial score (nSPS) is 11.3. The quantitative estimate of drug-likeness (QED) is 0.166. The van der Waals surface area contributed by atoms with E-state index in [0.29, 0.717) is 17.5 Å². The van der Waals surface area contributed by atoms with E-state index in [2.05, 4.69) is 170 Å². The van der Waals surface area contributed by atoms with Gasteiger partial charge >= 0.3 is 0 Å². The first kappa shape index (κ1) is 32.2. The van der Waals surface area contributed by atoms with Gasteiger partial charge in [-0.05, 0) is 57.1 Å². The predicted molar refractivity (Wildman–Crippen MR) is 225 cm³/mol. The molecule has 2 heterocycles. The monoisotopic (exact) mass is 703 g/mol. The van der Waals surface area contributed by atoms with Crippen molar-refractivity contribution in [3.8, 4) is 78.7 Å². The van der Waals surface area contributed by atoms with E-state index >= 15 is 0 Å². The largest absolute Gasteiger partial charge is 0.455 e. The van der Waals surface area contributed by atoms with Gasteiger partial charge in [-0.15, -0.1) is 0 Å².